The molecule has 0 atom stereocenters. The first-order valence-electron chi connectivity index (χ1n) is 6.12. The van der Waals surface area contributed by atoms with Crippen LogP contribution < -0.4 is 11.1 Å². The van der Waals surface area contributed by atoms with Gasteiger partial charge in [0.2, 0.25) is 5.95 Å². The predicted molar refractivity (Wildman–Crippen MR) is 84.9 cm³/mol. The van der Waals surface area contributed by atoms with Gasteiger partial charge in [-0.25, -0.2) is 9.97 Å². The van der Waals surface area contributed by atoms with Crippen LogP contribution in [0.4, 0.5) is 11.1 Å². The van der Waals surface area contributed by atoms with Crippen molar-refractivity contribution in [2.45, 2.75) is 6.92 Å². The number of nitrogens with two attached hydrogens (primary N) is 1. The van der Waals surface area contributed by atoms with Crippen molar-refractivity contribution in [3.05, 3.63) is 33.8 Å². The zero-order chi connectivity index (χ0) is 15.1. The SMILES string of the molecule is Cc1nc(N)sc1C(=O)Nc1nc2ccc(Cl)cc2n1C. The normalized spacial score (nSPS) is 11.0. The number of nitrogens with zero attached hydrogens (tertiary/aromatic N) is 3. The summed E-state index contributed by atoms with van der Waals surface area (Å²) in [5, 5.41) is 3.76. The lowest BCUT2D eigenvalue weighted by molar-refractivity contribution is 0.102. The molecule has 3 N–H and O–H groups in total. The maximum absolute atomic E-state index is 12.3. The topological polar surface area (TPSA) is 85.8 Å². The molecular weight excluding hydrogens is 310 g/mol. The molecule has 0 bridgehead atoms. The number of carbonyl (C=O) groups is 1. The van der Waals surface area contributed by atoms with Crippen molar-refractivity contribution < 1.29 is 4.79 Å². The van der Waals surface area contributed by atoms with Gasteiger partial charge in [-0.05, 0) is 25.1 Å². The number of imidazole rings is 1. The van der Waals surface area contributed by atoms with E-state index >= 15 is 0 Å². The third-order valence-electron chi connectivity index (χ3n) is 3.09. The number of hydrogen-bond acceptors (Lipinski definition) is 5. The Morgan fingerprint density at radius 3 is 2.86 bits per heavy atom. The Balaban J connectivity index is 1.96. The van der Waals surface area contributed by atoms with Crippen molar-refractivity contribution in [2.75, 3.05) is 11.1 Å². The van der Waals surface area contributed by atoms with Crippen LogP contribution in [-0.2, 0) is 7.05 Å². The number of thiazole rings is 1. The molecule has 0 aliphatic heterocycles. The summed E-state index contributed by atoms with van der Waals surface area (Å²) < 4.78 is 1.78. The minimum absolute atomic E-state index is 0.272. The number of hydrogen-bond donors (Lipinski definition) is 2. The molecular formula is C13H12ClN5OS. The number of fused-ring (bicyclic) bond motifs is 1. The fourth-order valence-electron chi connectivity index (χ4n) is 2.06. The van der Waals surface area contributed by atoms with Gasteiger partial charge in [0.1, 0.15) is 4.88 Å². The van der Waals surface area contributed by atoms with E-state index in [0.717, 1.165) is 22.4 Å². The average Bonchev–Trinajstić information content (AvgIpc) is 2.91. The third-order valence-corrected chi connectivity index (χ3v) is 4.31. The van der Waals surface area contributed by atoms with Crippen LogP contribution in [0.5, 0.6) is 0 Å². The number of nitrogen functional groups attached to an aromatic ring is 1. The quantitative estimate of drug-likeness (QED) is 0.760. The largest absolute Gasteiger partial charge is 0.375 e. The van der Waals surface area contributed by atoms with E-state index in [0.29, 0.717) is 26.7 Å². The molecule has 2 aromatic heterocycles. The lowest BCUT2D eigenvalue weighted by Crippen LogP contribution is -2.14. The van der Waals surface area contributed by atoms with Gasteiger partial charge in [0, 0.05) is 12.1 Å². The van der Waals surface area contributed by atoms with Crippen LogP contribution in [0.25, 0.3) is 11.0 Å². The second-order valence-corrected chi connectivity index (χ2v) is 6.02. The van der Waals surface area contributed by atoms with E-state index in [1.54, 1.807) is 23.6 Å². The molecule has 6 nitrogen and oxygen atoms in total. The molecule has 0 radical (unpaired) electrons. The number of nitrogens with one attached hydrogen (secondary N) is 1. The van der Waals surface area contributed by atoms with Gasteiger partial charge in [0.05, 0.1) is 16.7 Å². The van der Waals surface area contributed by atoms with Crippen LogP contribution in [0.1, 0.15) is 15.4 Å². The molecule has 0 spiro atoms. The Hall–Kier alpha value is -2.12. The smallest absolute Gasteiger partial charge is 0.270 e. The van der Waals surface area contributed by atoms with Crippen molar-refractivity contribution >= 4 is 51.0 Å². The number of rotatable bonds is 2. The molecule has 3 rings (SSSR count). The second-order valence-electron chi connectivity index (χ2n) is 4.55. The van der Waals surface area contributed by atoms with Crippen LogP contribution in [0.15, 0.2) is 18.2 Å². The van der Waals surface area contributed by atoms with Gasteiger partial charge in [-0.3, -0.25) is 10.1 Å². The van der Waals surface area contributed by atoms with E-state index in [9.17, 15) is 4.79 Å². The standard InChI is InChI=1S/C13H12ClN5OS/c1-6-10(21-12(15)16-6)11(20)18-13-17-8-4-3-7(14)5-9(8)19(13)2/h3-5H,1-2H3,(H2,15,16)(H,17,18,20). The molecule has 0 saturated heterocycles. The number of amides is 1. The fraction of sp³-hybridized carbons (Fsp3) is 0.154. The lowest BCUT2D eigenvalue weighted by Gasteiger charge is -2.04. The average molecular weight is 322 g/mol. The number of halogens is 1. The van der Waals surface area contributed by atoms with E-state index in [1.807, 2.05) is 13.1 Å². The molecule has 8 heteroatoms. The predicted octanol–water partition coefficient (Wildman–Crippen LogP) is 2.83. The van der Waals surface area contributed by atoms with Crippen molar-refractivity contribution in [3.63, 3.8) is 0 Å². The van der Waals surface area contributed by atoms with E-state index in [2.05, 4.69) is 15.3 Å². The maximum Gasteiger partial charge on any atom is 0.270 e. The van der Waals surface area contributed by atoms with Gasteiger partial charge in [0.15, 0.2) is 5.13 Å². The summed E-state index contributed by atoms with van der Waals surface area (Å²) in [6, 6.07) is 5.37. The molecule has 0 saturated carbocycles. The van der Waals surface area contributed by atoms with Crippen molar-refractivity contribution in [1.82, 2.24) is 14.5 Å². The van der Waals surface area contributed by atoms with E-state index in [-0.39, 0.29) is 5.91 Å². The Morgan fingerprint density at radius 2 is 2.19 bits per heavy atom. The molecule has 1 aromatic carbocycles. The lowest BCUT2D eigenvalue weighted by atomic mass is 10.3. The minimum atomic E-state index is -0.272. The first-order chi connectivity index (χ1) is 9.95. The fourth-order valence-corrected chi connectivity index (χ4v) is 2.96. The summed E-state index contributed by atoms with van der Waals surface area (Å²) in [5.41, 5.74) is 7.83. The molecule has 0 aliphatic rings. The summed E-state index contributed by atoms with van der Waals surface area (Å²) in [6.45, 7) is 1.75. The Labute approximate surface area is 129 Å². The summed E-state index contributed by atoms with van der Waals surface area (Å²) in [6.07, 6.45) is 0. The molecule has 3 aromatic rings. The molecule has 108 valence electrons. The number of benzene rings is 1. The number of aryl methyl sites for hydroxylation is 2. The van der Waals surface area contributed by atoms with Gasteiger partial charge in [-0.2, -0.15) is 0 Å². The maximum atomic E-state index is 12.3. The van der Waals surface area contributed by atoms with Gasteiger partial charge < -0.3 is 10.3 Å². The first kappa shape index (κ1) is 13.8. The van der Waals surface area contributed by atoms with Gasteiger partial charge in [0.25, 0.3) is 5.91 Å². The van der Waals surface area contributed by atoms with E-state index in [4.69, 9.17) is 17.3 Å². The van der Waals surface area contributed by atoms with Gasteiger partial charge in [-0.1, -0.05) is 22.9 Å². The third kappa shape index (κ3) is 2.45. The Morgan fingerprint density at radius 1 is 1.43 bits per heavy atom. The first-order valence-corrected chi connectivity index (χ1v) is 7.31. The summed E-state index contributed by atoms with van der Waals surface area (Å²) in [7, 11) is 1.81. The Kier molecular flexibility index (Phi) is 3.30. The number of carbonyl (C=O) groups excluding carboxylic acids is 1. The van der Waals surface area contributed by atoms with Crippen LogP contribution >= 0.6 is 22.9 Å². The van der Waals surface area contributed by atoms with Crippen LogP contribution in [-0.4, -0.2) is 20.4 Å². The highest BCUT2D eigenvalue weighted by atomic mass is 35.5. The molecule has 0 fully saturated rings. The van der Waals surface area contributed by atoms with E-state index < -0.39 is 0 Å². The minimum Gasteiger partial charge on any atom is -0.375 e. The summed E-state index contributed by atoms with van der Waals surface area (Å²) in [4.78, 5) is 21.2. The zero-order valence-electron chi connectivity index (χ0n) is 11.3. The molecule has 21 heavy (non-hydrogen) atoms. The highest BCUT2D eigenvalue weighted by Gasteiger charge is 2.17. The number of aromatic nitrogens is 3. The molecule has 0 unspecified atom stereocenters. The van der Waals surface area contributed by atoms with Gasteiger partial charge >= 0.3 is 0 Å². The van der Waals surface area contributed by atoms with Crippen LogP contribution in [0, 0.1) is 6.92 Å². The van der Waals surface area contributed by atoms with Crippen LogP contribution in [0.3, 0.4) is 0 Å². The molecule has 1 amide bonds. The van der Waals surface area contributed by atoms with Crippen LogP contribution in [0.2, 0.25) is 5.02 Å². The highest BCUT2D eigenvalue weighted by molar-refractivity contribution is 7.17. The van der Waals surface area contributed by atoms with Gasteiger partial charge in [-0.15, -0.1) is 0 Å². The van der Waals surface area contributed by atoms with E-state index in [1.165, 1.54) is 0 Å². The Bertz CT molecular complexity index is 854. The van der Waals surface area contributed by atoms with Crippen molar-refractivity contribution in [3.8, 4) is 0 Å². The molecule has 2 heterocycles. The monoisotopic (exact) mass is 321 g/mol. The van der Waals surface area contributed by atoms with Crippen molar-refractivity contribution in [2.24, 2.45) is 7.05 Å². The second kappa shape index (κ2) is 5.01. The summed E-state index contributed by atoms with van der Waals surface area (Å²) in [5.74, 6) is 0.176. The highest BCUT2D eigenvalue weighted by Crippen LogP contribution is 2.24. The molecule has 0 aliphatic carbocycles. The zero-order valence-corrected chi connectivity index (χ0v) is 12.9. The number of anilines is 2. The summed E-state index contributed by atoms with van der Waals surface area (Å²) >= 11 is 7.13. The van der Waals surface area contributed by atoms with Crippen molar-refractivity contribution in [1.29, 1.82) is 0 Å².